The van der Waals surface area contributed by atoms with Crippen LogP contribution in [0.25, 0.3) is 11.6 Å². The number of ketones is 2. The molecule has 0 spiro atoms. The van der Waals surface area contributed by atoms with Crippen molar-refractivity contribution >= 4 is 23.2 Å². The van der Waals surface area contributed by atoms with Crippen molar-refractivity contribution in [3.05, 3.63) is 75.6 Å². The molecule has 6 nitrogen and oxygen atoms in total. The van der Waals surface area contributed by atoms with Crippen LogP contribution >= 0.6 is 0 Å². The number of allylic oxidation sites excluding steroid dienone is 9. The minimum absolute atomic E-state index is 0.0140. The molecule has 0 amide bonds. The zero-order chi connectivity index (χ0) is 29.6. The predicted molar refractivity (Wildman–Crippen MR) is 160 cm³/mol. The summed E-state index contributed by atoms with van der Waals surface area (Å²) in [5.74, 6) is -0.172. The summed E-state index contributed by atoms with van der Waals surface area (Å²) in [6.07, 6.45) is 14.8. The number of aromatic hydroxyl groups is 1. The van der Waals surface area contributed by atoms with E-state index < -0.39 is 11.4 Å². The second kappa shape index (κ2) is 13.0. The fourth-order valence-electron chi connectivity index (χ4n) is 4.89. The van der Waals surface area contributed by atoms with E-state index in [1.807, 2.05) is 32.1 Å². The average molecular weight is 547 g/mol. The summed E-state index contributed by atoms with van der Waals surface area (Å²) in [5.41, 5.74) is 4.17. The first-order chi connectivity index (χ1) is 18.9. The Bertz CT molecular complexity index is 1360. The molecule has 2 aliphatic rings. The molecule has 0 aromatic heterocycles. The lowest BCUT2D eigenvalue weighted by Gasteiger charge is -2.34. The third-order valence-corrected chi connectivity index (χ3v) is 7.14. The number of hydrogen-bond donors (Lipinski definition) is 1. The van der Waals surface area contributed by atoms with Gasteiger partial charge in [-0.1, -0.05) is 41.0 Å². The number of ether oxygens (including phenoxy) is 3. The third-order valence-electron chi connectivity index (χ3n) is 7.14. The van der Waals surface area contributed by atoms with Gasteiger partial charge in [0.25, 0.3) is 0 Å². The van der Waals surface area contributed by atoms with Crippen molar-refractivity contribution in [1.29, 1.82) is 0 Å². The molecule has 1 aliphatic carbocycles. The number of benzene rings is 1. The molecule has 0 bridgehead atoms. The summed E-state index contributed by atoms with van der Waals surface area (Å²) in [7, 11) is 2.88. The van der Waals surface area contributed by atoms with E-state index in [4.69, 9.17) is 14.2 Å². The Kier molecular flexibility index (Phi) is 10.0. The molecule has 1 atom stereocenters. The minimum Gasteiger partial charge on any atom is -0.507 e. The highest BCUT2D eigenvalue weighted by molar-refractivity contribution is 6.37. The van der Waals surface area contributed by atoms with Crippen LogP contribution in [0.5, 0.6) is 17.2 Å². The van der Waals surface area contributed by atoms with E-state index in [0.29, 0.717) is 17.1 Å². The van der Waals surface area contributed by atoms with Gasteiger partial charge >= 0.3 is 0 Å². The summed E-state index contributed by atoms with van der Waals surface area (Å²) < 4.78 is 17.3. The van der Waals surface area contributed by atoms with Crippen LogP contribution < -0.4 is 9.47 Å². The molecule has 0 saturated carbocycles. The zero-order valence-electron chi connectivity index (χ0n) is 25.1. The van der Waals surface area contributed by atoms with Gasteiger partial charge in [0, 0.05) is 34.4 Å². The van der Waals surface area contributed by atoms with E-state index >= 15 is 0 Å². The molecule has 0 radical (unpaired) electrons. The molecule has 1 aliphatic heterocycles. The van der Waals surface area contributed by atoms with Crippen LogP contribution in [0.2, 0.25) is 0 Å². The first kappa shape index (κ1) is 30.7. The Morgan fingerprint density at radius 3 is 2.30 bits per heavy atom. The largest absolute Gasteiger partial charge is 0.507 e. The summed E-state index contributed by atoms with van der Waals surface area (Å²) >= 11 is 0. The molecule has 1 aromatic rings. The number of carbonyl (C=O) groups excluding carboxylic acids is 2. The summed E-state index contributed by atoms with van der Waals surface area (Å²) in [6, 6.07) is 1.45. The van der Waals surface area contributed by atoms with Gasteiger partial charge in [0.2, 0.25) is 5.78 Å². The highest BCUT2D eigenvalue weighted by Crippen LogP contribution is 2.49. The number of phenols is 1. The number of hydrogen-bond acceptors (Lipinski definition) is 6. The average Bonchev–Trinajstić information content (AvgIpc) is 2.88. The molecule has 0 fully saturated rings. The van der Waals surface area contributed by atoms with E-state index in [9.17, 15) is 14.7 Å². The Hall–Kier alpha value is -3.80. The first-order valence-electron chi connectivity index (χ1n) is 13.7. The van der Waals surface area contributed by atoms with Gasteiger partial charge in [0.1, 0.15) is 11.4 Å². The van der Waals surface area contributed by atoms with Crippen LogP contribution in [0.3, 0.4) is 0 Å². The summed E-state index contributed by atoms with van der Waals surface area (Å²) in [4.78, 5) is 27.0. The van der Waals surface area contributed by atoms with Crippen LogP contribution in [0.1, 0.15) is 84.8 Å². The van der Waals surface area contributed by atoms with Crippen LogP contribution in [0, 0.1) is 0 Å². The van der Waals surface area contributed by atoms with Crippen LogP contribution in [0.15, 0.2) is 64.5 Å². The maximum absolute atomic E-state index is 13.5. The van der Waals surface area contributed by atoms with Crippen molar-refractivity contribution in [2.45, 2.75) is 79.2 Å². The third kappa shape index (κ3) is 7.04. The lowest BCUT2D eigenvalue weighted by Crippen LogP contribution is -2.32. The first-order valence-corrected chi connectivity index (χ1v) is 13.7. The number of methoxy groups -OCH3 is 2. The lowest BCUT2D eigenvalue weighted by molar-refractivity contribution is -0.117. The second-order valence-corrected chi connectivity index (χ2v) is 11.1. The van der Waals surface area contributed by atoms with E-state index in [-0.39, 0.29) is 40.4 Å². The number of rotatable bonds is 11. The zero-order valence-corrected chi connectivity index (χ0v) is 25.1. The highest BCUT2D eigenvalue weighted by atomic mass is 16.5. The number of phenolic OH excluding ortho intramolecular Hbond substituents is 1. The van der Waals surface area contributed by atoms with Gasteiger partial charge in [-0.15, -0.1) is 0 Å². The SMILES string of the molecule is COC1=CC(=O)C(c2c(O)cc(OC)c3c2C=CC(C)(CCC=C(C)C)O3)=C(CC=C(C)CCC=C(C)C)C1=O. The smallest absolute Gasteiger partial charge is 0.224 e. The summed E-state index contributed by atoms with van der Waals surface area (Å²) in [5, 5.41) is 11.2. The molecule has 1 heterocycles. The molecule has 1 aromatic carbocycles. The fraction of sp³-hybridized carbons (Fsp3) is 0.412. The van der Waals surface area contributed by atoms with Gasteiger partial charge in [-0.05, 0) is 79.7 Å². The molecule has 40 heavy (non-hydrogen) atoms. The lowest BCUT2D eigenvalue weighted by atomic mass is 9.82. The van der Waals surface area contributed by atoms with Crippen molar-refractivity contribution in [2.75, 3.05) is 14.2 Å². The van der Waals surface area contributed by atoms with E-state index in [1.165, 1.54) is 37.5 Å². The highest BCUT2D eigenvalue weighted by Gasteiger charge is 2.36. The Morgan fingerprint density at radius 2 is 1.68 bits per heavy atom. The topological polar surface area (TPSA) is 82.1 Å². The van der Waals surface area contributed by atoms with Gasteiger partial charge in [-0.25, -0.2) is 0 Å². The number of fused-ring (bicyclic) bond motifs is 1. The maximum atomic E-state index is 13.5. The second-order valence-electron chi connectivity index (χ2n) is 11.1. The van der Waals surface area contributed by atoms with Gasteiger partial charge in [-0.3, -0.25) is 9.59 Å². The quantitative estimate of drug-likeness (QED) is 0.225. The number of Topliss-reactive ketones (excluding diaryl/α,β-unsaturated/α-hetero) is 1. The van der Waals surface area contributed by atoms with Crippen molar-refractivity contribution in [2.24, 2.45) is 0 Å². The molecule has 214 valence electrons. The Balaban J connectivity index is 2.14. The van der Waals surface area contributed by atoms with Crippen molar-refractivity contribution in [3.8, 4) is 17.2 Å². The summed E-state index contributed by atoms with van der Waals surface area (Å²) in [6.45, 7) is 12.3. The van der Waals surface area contributed by atoms with Gasteiger partial charge in [0.05, 0.1) is 14.2 Å². The van der Waals surface area contributed by atoms with Gasteiger partial charge in [0.15, 0.2) is 23.0 Å². The molecular formula is C34H42O6. The normalized spacial score (nSPS) is 18.6. The predicted octanol–water partition coefficient (Wildman–Crippen LogP) is 7.83. The van der Waals surface area contributed by atoms with Crippen LogP contribution in [-0.2, 0) is 14.3 Å². The maximum Gasteiger partial charge on any atom is 0.224 e. The van der Waals surface area contributed by atoms with E-state index in [2.05, 4.69) is 39.8 Å². The number of carbonyl (C=O) groups is 2. The van der Waals surface area contributed by atoms with Crippen molar-refractivity contribution in [1.82, 2.24) is 0 Å². The van der Waals surface area contributed by atoms with Crippen molar-refractivity contribution < 1.29 is 28.9 Å². The molecule has 6 heteroatoms. The molecule has 0 saturated heterocycles. The Morgan fingerprint density at radius 1 is 1.00 bits per heavy atom. The van der Waals surface area contributed by atoms with Gasteiger partial charge < -0.3 is 19.3 Å². The van der Waals surface area contributed by atoms with E-state index in [0.717, 1.165) is 31.3 Å². The standard InChI is InChI=1S/C34H42O6/c1-21(2)11-9-13-23(5)14-15-24-30(26(35)19-28(38-7)32(24)37)31-25-16-18-34(6,17-10-12-22(3)4)40-33(25)29(39-8)20-27(31)36/h11-12,14,16,18-20,36H,9-10,13,15,17H2,1-8H3. The molecular weight excluding hydrogens is 504 g/mol. The van der Waals surface area contributed by atoms with Crippen LogP contribution in [-0.4, -0.2) is 36.5 Å². The molecule has 1 unspecified atom stereocenters. The fourth-order valence-corrected chi connectivity index (χ4v) is 4.89. The van der Waals surface area contributed by atoms with Gasteiger partial charge in [-0.2, -0.15) is 0 Å². The van der Waals surface area contributed by atoms with Crippen molar-refractivity contribution in [3.63, 3.8) is 0 Å². The van der Waals surface area contributed by atoms with E-state index in [1.54, 1.807) is 0 Å². The monoisotopic (exact) mass is 546 g/mol. The Labute approximate surface area is 238 Å². The molecule has 1 N–H and O–H groups in total. The minimum atomic E-state index is -0.613. The molecule has 3 rings (SSSR count). The van der Waals surface area contributed by atoms with Crippen LogP contribution in [0.4, 0.5) is 0 Å².